The molecule has 1 rings (SSSR count). The van der Waals surface area contributed by atoms with E-state index in [1.807, 2.05) is 0 Å². The first-order chi connectivity index (χ1) is 7.20. The predicted octanol–water partition coefficient (Wildman–Crippen LogP) is 4.15. The Bertz CT molecular complexity index is 431. The van der Waals surface area contributed by atoms with Crippen molar-refractivity contribution in [2.75, 3.05) is 0 Å². The summed E-state index contributed by atoms with van der Waals surface area (Å²) < 4.78 is 40.6. The summed E-state index contributed by atoms with van der Waals surface area (Å²) in [6.45, 7) is 1.27. The number of benzene rings is 1. The topological polar surface area (TPSA) is 26.3 Å². The lowest BCUT2D eigenvalue weighted by molar-refractivity contribution is -0.275. The Morgan fingerprint density at radius 1 is 1.44 bits per heavy atom. The third-order valence-corrected chi connectivity index (χ3v) is 3.13. The van der Waals surface area contributed by atoms with Crippen LogP contribution in [0.2, 0.25) is 0 Å². The number of carbonyl (C=O) groups is 1. The monoisotopic (exact) mass is 408 g/mol. The molecule has 0 aliphatic heterocycles. The van der Waals surface area contributed by atoms with E-state index in [1.165, 1.54) is 13.0 Å². The lowest BCUT2D eigenvalue weighted by Gasteiger charge is -2.12. The second-order valence-electron chi connectivity index (χ2n) is 2.87. The van der Waals surface area contributed by atoms with E-state index in [-0.39, 0.29) is 20.7 Å². The number of Topliss-reactive ketones (excluding diaryl/α,β-unsaturated/α-hetero) is 1. The molecule has 88 valence electrons. The number of halogens is 5. The summed E-state index contributed by atoms with van der Waals surface area (Å²) in [5, 5.41) is 0. The number of ether oxygens (including phenoxy) is 1. The third-order valence-electron chi connectivity index (χ3n) is 1.63. The van der Waals surface area contributed by atoms with Crippen molar-refractivity contribution < 1.29 is 22.7 Å². The van der Waals surface area contributed by atoms with Crippen molar-refractivity contribution in [1.82, 2.24) is 0 Å². The van der Waals surface area contributed by atoms with Crippen molar-refractivity contribution in [3.8, 4) is 5.75 Å². The highest BCUT2D eigenvalue weighted by atomic mass is 127. The fraction of sp³-hybridized carbons (Fsp3) is 0.222. The second-order valence-corrected chi connectivity index (χ2v) is 4.88. The molecule has 0 aliphatic carbocycles. The van der Waals surface area contributed by atoms with Crippen molar-refractivity contribution in [2.24, 2.45) is 0 Å². The van der Waals surface area contributed by atoms with Gasteiger partial charge in [0.15, 0.2) is 5.78 Å². The van der Waals surface area contributed by atoms with E-state index in [9.17, 15) is 18.0 Å². The number of hydrogen-bond acceptors (Lipinski definition) is 2. The third kappa shape index (κ3) is 3.62. The Kier molecular flexibility index (Phi) is 4.22. The molecule has 0 atom stereocenters. The van der Waals surface area contributed by atoms with E-state index >= 15 is 0 Å². The lowest BCUT2D eigenvalue weighted by Crippen LogP contribution is -2.18. The number of rotatable bonds is 2. The van der Waals surface area contributed by atoms with Crippen molar-refractivity contribution >= 4 is 44.3 Å². The van der Waals surface area contributed by atoms with Crippen molar-refractivity contribution in [3.05, 3.63) is 25.7 Å². The maximum absolute atomic E-state index is 12.0. The fourth-order valence-electron chi connectivity index (χ4n) is 1.00. The minimum atomic E-state index is -4.76. The highest BCUT2D eigenvalue weighted by molar-refractivity contribution is 14.1. The first kappa shape index (κ1) is 13.8. The summed E-state index contributed by atoms with van der Waals surface area (Å²) in [5.41, 5.74) is 0.152. The van der Waals surface area contributed by atoms with Gasteiger partial charge in [-0.2, -0.15) is 0 Å². The Balaban J connectivity index is 3.20. The molecule has 0 bridgehead atoms. The average molecular weight is 409 g/mol. The van der Waals surface area contributed by atoms with Crippen LogP contribution in [0.4, 0.5) is 13.2 Å². The molecule has 2 nitrogen and oxygen atoms in total. The number of ketones is 1. The lowest BCUT2D eigenvalue weighted by atomic mass is 10.1. The predicted molar refractivity (Wildman–Crippen MR) is 63.5 cm³/mol. The van der Waals surface area contributed by atoms with Crippen LogP contribution >= 0.6 is 38.5 Å². The molecule has 0 aliphatic rings. The minimum Gasteiger partial charge on any atom is -0.405 e. The molecule has 0 aromatic heterocycles. The molecule has 0 radical (unpaired) electrons. The average Bonchev–Trinajstić information content (AvgIpc) is 2.07. The maximum Gasteiger partial charge on any atom is 0.573 e. The molecule has 0 heterocycles. The molecule has 0 spiro atoms. The van der Waals surface area contributed by atoms with Crippen LogP contribution in [-0.4, -0.2) is 12.1 Å². The molecule has 0 unspecified atom stereocenters. The van der Waals surface area contributed by atoms with Gasteiger partial charge in [0.05, 0.1) is 3.57 Å². The number of alkyl halides is 3. The van der Waals surface area contributed by atoms with Crippen LogP contribution in [0.5, 0.6) is 5.75 Å². The Hall–Kier alpha value is -0.310. The summed E-state index contributed by atoms with van der Waals surface area (Å²) in [5.74, 6) is -0.711. The van der Waals surface area contributed by atoms with Crippen molar-refractivity contribution in [1.29, 1.82) is 0 Å². The highest BCUT2D eigenvalue weighted by Gasteiger charge is 2.32. The molecule has 1 aromatic rings. The van der Waals surface area contributed by atoms with Gasteiger partial charge in [-0.05, 0) is 41.6 Å². The zero-order chi connectivity index (χ0) is 12.5. The van der Waals surface area contributed by atoms with Crippen LogP contribution in [0.15, 0.2) is 16.6 Å². The highest BCUT2D eigenvalue weighted by Crippen LogP contribution is 2.32. The van der Waals surface area contributed by atoms with Gasteiger partial charge >= 0.3 is 6.36 Å². The molecule has 0 amide bonds. The minimum absolute atomic E-state index is 0.152. The molecule has 0 N–H and O–H groups in total. The molecule has 1 aromatic carbocycles. The summed E-state index contributed by atoms with van der Waals surface area (Å²) in [6, 6.07) is 2.47. The van der Waals surface area contributed by atoms with Gasteiger partial charge in [0.1, 0.15) is 5.75 Å². The van der Waals surface area contributed by atoms with Gasteiger partial charge in [0.2, 0.25) is 0 Å². The van der Waals surface area contributed by atoms with Crippen LogP contribution in [0, 0.1) is 3.57 Å². The second kappa shape index (κ2) is 4.91. The van der Waals surface area contributed by atoms with E-state index in [4.69, 9.17) is 0 Å². The Morgan fingerprint density at radius 3 is 2.44 bits per heavy atom. The van der Waals surface area contributed by atoms with Crippen LogP contribution < -0.4 is 4.74 Å². The van der Waals surface area contributed by atoms with E-state index in [0.717, 1.165) is 6.07 Å². The van der Waals surface area contributed by atoms with Gasteiger partial charge in [-0.25, -0.2) is 0 Å². The van der Waals surface area contributed by atoms with Crippen molar-refractivity contribution in [3.63, 3.8) is 0 Å². The van der Waals surface area contributed by atoms with Gasteiger partial charge in [-0.1, -0.05) is 15.9 Å². The molecular weight excluding hydrogens is 404 g/mol. The van der Waals surface area contributed by atoms with Crippen LogP contribution in [0.25, 0.3) is 0 Å². The molecular formula is C9H5BrF3IO2. The Morgan fingerprint density at radius 2 is 2.00 bits per heavy atom. The standard InChI is InChI=1S/C9H5BrF3IO2/c1-4(15)5-2-8(16-9(11,12)13)7(14)3-6(5)10/h2-3H,1H3. The van der Waals surface area contributed by atoms with Gasteiger partial charge in [-0.15, -0.1) is 13.2 Å². The van der Waals surface area contributed by atoms with Gasteiger partial charge < -0.3 is 4.74 Å². The van der Waals surface area contributed by atoms with Crippen LogP contribution in [0.1, 0.15) is 17.3 Å². The largest absolute Gasteiger partial charge is 0.573 e. The van der Waals surface area contributed by atoms with E-state index in [2.05, 4.69) is 20.7 Å². The first-order valence-corrected chi connectivity index (χ1v) is 5.83. The fourth-order valence-corrected chi connectivity index (χ4v) is 2.63. The van der Waals surface area contributed by atoms with Gasteiger partial charge in [0, 0.05) is 10.0 Å². The molecule has 0 fully saturated rings. The zero-order valence-corrected chi connectivity index (χ0v) is 11.6. The van der Waals surface area contributed by atoms with Crippen LogP contribution in [-0.2, 0) is 0 Å². The summed E-state index contributed by atoms with van der Waals surface area (Å²) in [6.07, 6.45) is -4.76. The summed E-state index contributed by atoms with van der Waals surface area (Å²) >= 11 is 4.80. The SMILES string of the molecule is CC(=O)c1cc(OC(F)(F)F)c(I)cc1Br. The van der Waals surface area contributed by atoms with Crippen molar-refractivity contribution in [2.45, 2.75) is 13.3 Å². The van der Waals surface area contributed by atoms with Gasteiger partial charge in [-0.3, -0.25) is 4.79 Å². The van der Waals surface area contributed by atoms with E-state index in [1.54, 1.807) is 22.6 Å². The summed E-state index contributed by atoms with van der Waals surface area (Å²) in [4.78, 5) is 11.1. The van der Waals surface area contributed by atoms with Gasteiger partial charge in [0.25, 0.3) is 0 Å². The number of carbonyl (C=O) groups excluding carboxylic acids is 1. The molecule has 0 saturated heterocycles. The van der Waals surface area contributed by atoms with E-state index < -0.39 is 6.36 Å². The normalized spacial score (nSPS) is 11.4. The van der Waals surface area contributed by atoms with Crippen LogP contribution in [0.3, 0.4) is 0 Å². The Labute approximate surface area is 111 Å². The summed E-state index contributed by atoms with van der Waals surface area (Å²) in [7, 11) is 0. The zero-order valence-electron chi connectivity index (χ0n) is 7.86. The number of hydrogen-bond donors (Lipinski definition) is 0. The molecule has 16 heavy (non-hydrogen) atoms. The quantitative estimate of drug-likeness (QED) is 0.542. The molecule has 0 saturated carbocycles. The molecule has 7 heteroatoms. The first-order valence-electron chi connectivity index (χ1n) is 3.96. The maximum atomic E-state index is 12.0. The van der Waals surface area contributed by atoms with E-state index in [0.29, 0.717) is 4.47 Å². The smallest absolute Gasteiger partial charge is 0.405 e.